The molecule has 0 saturated heterocycles. The number of esters is 1. The summed E-state index contributed by atoms with van der Waals surface area (Å²) in [6, 6.07) is 0. The minimum atomic E-state index is -0.346. The Labute approximate surface area is 91.3 Å². The van der Waals surface area contributed by atoms with Gasteiger partial charge in [-0.3, -0.25) is 0 Å². The number of aliphatic hydroxyl groups excluding tert-OH is 1. The Bertz CT molecular complexity index is 202. The highest BCUT2D eigenvalue weighted by atomic mass is 16.5. The van der Waals surface area contributed by atoms with Crippen LogP contribution < -0.4 is 5.32 Å². The molecule has 4 nitrogen and oxygen atoms in total. The van der Waals surface area contributed by atoms with Crippen molar-refractivity contribution in [2.75, 3.05) is 19.7 Å². The van der Waals surface area contributed by atoms with E-state index in [1.165, 1.54) is 6.08 Å². The summed E-state index contributed by atoms with van der Waals surface area (Å²) in [5.41, 5.74) is 0. The van der Waals surface area contributed by atoms with Gasteiger partial charge in [0.1, 0.15) is 0 Å². The van der Waals surface area contributed by atoms with Crippen LogP contribution >= 0.6 is 0 Å². The molecule has 0 bridgehead atoms. The van der Waals surface area contributed by atoms with Crippen molar-refractivity contribution in [3.63, 3.8) is 0 Å². The summed E-state index contributed by atoms with van der Waals surface area (Å²) in [7, 11) is 0. The zero-order chi connectivity index (χ0) is 11.7. The molecule has 0 aliphatic heterocycles. The van der Waals surface area contributed by atoms with Crippen molar-refractivity contribution < 1.29 is 14.6 Å². The molecule has 0 fully saturated rings. The highest BCUT2D eigenvalue weighted by Crippen LogP contribution is 1.98. The SMILES string of the molecule is CCOC(=O)/C=C/CNCC(O)C(C)C. The molecule has 0 aromatic rings. The summed E-state index contributed by atoms with van der Waals surface area (Å²) >= 11 is 0. The summed E-state index contributed by atoms with van der Waals surface area (Å²) in [6.07, 6.45) is 2.73. The minimum Gasteiger partial charge on any atom is -0.463 e. The van der Waals surface area contributed by atoms with Crippen LogP contribution in [0.5, 0.6) is 0 Å². The van der Waals surface area contributed by atoms with Gasteiger partial charge in [0.25, 0.3) is 0 Å². The van der Waals surface area contributed by atoms with Crippen LogP contribution in [0.4, 0.5) is 0 Å². The van der Waals surface area contributed by atoms with Gasteiger partial charge >= 0.3 is 5.97 Å². The van der Waals surface area contributed by atoms with E-state index < -0.39 is 0 Å². The van der Waals surface area contributed by atoms with Gasteiger partial charge in [0.2, 0.25) is 0 Å². The van der Waals surface area contributed by atoms with Crippen LogP contribution in [0, 0.1) is 5.92 Å². The van der Waals surface area contributed by atoms with Crippen LogP contribution in [0.25, 0.3) is 0 Å². The van der Waals surface area contributed by atoms with Crippen LogP contribution in [-0.4, -0.2) is 36.9 Å². The summed E-state index contributed by atoms with van der Waals surface area (Å²) in [4.78, 5) is 10.9. The smallest absolute Gasteiger partial charge is 0.330 e. The molecule has 1 atom stereocenters. The zero-order valence-corrected chi connectivity index (χ0v) is 9.69. The van der Waals surface area contributed by atoms with Gasteiger partial charge in [-0.15, -0.1) is 0 Å². The van der Waals surface area contributed by atoms with Crippen molar-refractivity contribution in [1.82, 2.24) is 5.32 Å². The lowest BCUT2D eigenvalue weighted by Gasteiger charge is -2.13. The van der Waals surface area contributed by atoms with Crippen LogP contribution in [0.3, 0.4) is 0 Å². The Hall–Kier alpha value is -0.870. The molecule has 0 aliphatic carbocycles. The quantitative estimate of drug-likeness (QED) is 0.373. The third-order valence-electron chi connectivity index (χ3n) is 1.93. The molecule has 0 aliphatic rings. The molecule has 1 unspecified atom stereocenters. The Morgan fingerprint density at radius 3 is 2.73 bits per heavy atom. The second kappa shape index (κ2) is 8.44. The number of carbonyl (C=O) groups is 1. The standard InChI is InChI=1S/C11H21NO3/c1-4-15-11(14)6-5-7-12-8-10(13)9(2)3/h5-6,9-10,12-13H,4,7-8H2,1-3H3/b6-5+. The molecular weight excluding hydrogens is 194 g/mol. The van der Waals surface area contributed by atoms with Crippen molar-refractivity contribution in [1.29, 1.82) is 0 Å². The largest absolute Gasteiger partial charge is 0.463 e. The monoisotopic (exact) mass is 215 g/mol. The lowest BCUT2D eigenvalue weighted by Crippen LogP contribution is -2.30. The molecule has 0 spiro atoms. The highest BCUT2D eigenvalue weighted by molar-refractivity contribution is 5.81. The first-order valence-electron chi connectivity index (χ1n) is 5.30. The van der Waals surface area contributed by atoms with Crippen molar-refractivity contribution in [2.45, 2.75) is 26.9 Å². The van der Waals surface area contributed by atoms with Crippen LogP contribution in [0.15, 0.2) is 12.2 Å². The number of hydrogen-bond acceptors (Lipinski definition) is 4. The molecule has 15 heavy (non-hydrogen) atoms. The maximum Gasteiger partial charge on any atom is 0.330 e. The number of carbonyl (C=O) groups excluding carboxylic acids is 1. The fourth-order valence-corrected chi connectivity index (χ4v) is 0.896. The first-order valence-corrected chi connectivity index (χ1v) is 5.30. The summed E-state index contributed by atoms with van der Waals surface area (Å²) in [6.45, 7) is 7.17. The zero-order valence-electron chi connectivity index (χ0n) is 9.69. The van der Waals surface area contributed by atoms with Gasteiger partial charge in [-0.1, -0.05) is 19.9 Å². The van der Waals surface area contributed by atoms with E-state index in [0.717, 1.165) is 0 Å². The van der Waals surface area contributed by atoms with Gasteiger partial charge in [-0.25, -0.2) is 4.79 Å². The number of nitrogens with one attached hydrogen (secondary N) is 1. The lowest BCUT2D eigenvalue weighted by molar-refractivity contribution is -0.137. The summed E-state index contributed by atoms with van der Waals surface area (Å²) in [5, 5.41) is 12.5. The first-order chi connectivity index (χ1) is 7.07. The molecule has 4 heteroatoms. The minimum absolute atomic E-state index is 0.242. The average Bonchev–Trinajstić information content (AvgIpc) is 2.17. The maximum atomic E-state index is 10.9. The van der Waals surface area contributed by atoms with Gasteiger partial charge in [-0.2, -0.15) is 0 Å². The highest BCUT2D eigenvalue weighted by Gasteiger charge is 2.06. The second-order valence-corrected chi connectivity index (χ2v) is 3.62. The lowest BCUT2D eigenvalue weighted by atomic mass is 10.1. The molecule has 88 valence electrons. The van der Waals surface area contributed by atoms with Crippen LogP contribution in [0.1, 0.15) is 20.8 Å². The third-order valence-corrected chi connectivity index (χ3v) is 1.93. The molecule has 0 aromatic carbocycles. The van der Waals surface area contributed by atoms with Gasteiger partial charge in [-0.05, 0) is 12.8 Å². The van der Waals surface area contributed by atoms with Crippen molar-refractivity contribution in [2.24, 2.45) is 5.92 Å². The fourth-order valence-electron chi connectivity index (χ4n) is 0.896. The van der Waals surface area contributed by atoms with Gasteiger partial charge in [0.15, 0.2) is 0 Å². The van der Waals surface area contributed by atoms with E-state index in [4.69, 9.17) is 4.74 Å². The van der Waals surface area contributed by atoms with Gasteiger partial charge in [0, 0.05) is 19.2 Å². The predicted molar refractivity (Wildman–Crippen MR) is 59.5 cm³/mol. The van der Waals surface area contributed by atoms with E-state index in [-0.39, 0.29) is 18.0 Å². The van der Waals surface area contributed by atoms with Crippen LogP contribution in [0.2, 0.25) is 0 Å². The van der Waals surface area contributed by atoms with Crippen molar-refractivity contribution >= 4 is 5.97 Å². The van der Waals surface area contributed by atoms with E-state index >= 15 is 0 Å². The van der Waals surface area contributed by atoms with E-state index in [1.54, 1.807) is 13.0 Å². The Balaban J connectivity index is 3.49. The van der Waals surface area contributed by atoms with Crippen molar-refractivity contribution in [3.8, 4) is 0 Å². The average molecular weight is 215 g/mol. The Kier molecular flexibility index (Phi) is 7.95. The second-order valence-electron chi connectivity index (χ2n) is 3.62. The molecule has 0 radical (unpaired) electrons. The summed E-state index contributed by atoms with van der Waals surface area (Å²) < 4.78 is 4.70. The first kappa shape index (κ1) is 14.1. The molecule has 0 heterocycles. The van der Waals surface area contributed by atoms with E-state index in [1.807, 2.05) is 13.8 Å². The summed E-state index contributed by atoms with van der Waals surface area (Å²) in [5.74, 6) is -0.0877. The fraction of sp³-hybridized carbons (Fsp3) is 0.727. The van der Waals surface area contributed by atoms with E-state index in [9.17, 15) is 9.90 Å². The molecule has 0 saturated carbocycles. The molecule has 2 N–H and O–H groups in total. The van der Waals surface area contributed by atoms with E-state index in [2.05, 4.69) is 5.32 Å². The van der Waals surface area contributed by atoms with Crippen molar-refractivity contribution in [3.05, 3.63) is 12.2 Å². The third kappa shape index (κ3) is 8.15. The number of ether oxygens (including phenoxy) is 1. The Morgan fingerprint density at radius 2 is 2.20 bits per heavy atom. The number of rotatable bonds is 7. The number of hydrogen-bond donors (Lipinski definition) is 2. The predicted octanol–water partition coefficient (Wildman–Crippen LogP) is 0.712. The topological polar surface area (TPSA) is 58.6 Å². The normalized spacial score (nSPS) is 13.4. The molecule has 0 rings (SSSR count). The molecular formula is C11H21NO3. The van der Waals surface area contributed by atoms with Crippen LogP contribution in [-0.2, 0) is 9.53 Å². The van der Waals surface area contributed by atoms with Gasteiger partial charge in [0.05, 0.1) is 12.7 Å². The Morgan fingerprint density at radius 1 is 1.53 bits per heavy atom. The van der Waals surface area contributed by atoms with E-state index in [0.29, 0.717) is 19.7 Å². The number of aliphatic hydroxyl groups is 1. The molecule has 0 aromatic heterocycles. The molecule has 0 amide bonds. The maximum absolute atomic E-state index is 10.9. The van der Waals surface area contributed by atoms with Gasteiger partial charge < -0.3 is 15.2 Å².